The highest BCUT2D eigenvalue weighted by atomic mass is 32.2. The van der Waals surface area contributed by atoms with Crippen LogP contribution in [-0.4, -0.2) is 46.9 Å². The summed E-state index contributed by atoms with van der Waals surface area (Å²) in [6.07, 6.45) is 4.92. The Bertz CT molecular complexity index is 1070. The average Bonchev–Trinajstić information content (AvgIpc) is 3.41. The van der Waals surface area contributed by atoms with E-state index in [0.717, 1.165) is 12.8 Å². The Balaban J connectivity index is 1.46. The molecule has 0 unspecified atom stereocenters. The van der Waals surface area contributed by atoms with Crippen molar-refractivity contribution in [1.29, 1.82) is 0 Å². The fourth-order valence-corrected chi connectivity index (χ4v) is 4.42. The number of nitrogens with zero attached hydrogens (tertiary/aromatic N) is 4. The van der Waals surface area contributed by atoms with Gasteiger partial charge in [0.15, 0.2) is 0 Å². The molecule has 1 aromatic carbocycles. The number of amides is 1. The Hall–Kier alpha value is -3.11. The number of sulfonamides is 1. The first-order valence-corrected chi connectivity index (χ1v) is 10.1. The Morgan fingerprint density at radius 3 is 2.50 bits per heavy atom. The van der Waals surface area contributed by atoms with Crippen LogP contribution >= 0.6 is 0 Å². The molecule has 0 spiro atoms. The molecule has 4 rings (SSSR count). The minimum Gasteiger partial charge on any atom is -0.403 e. The van der Waals surface area contributed by atoms with Crippen molar-refractivity contribution in [2.24, 2.45) is 0 Å². The number of rotatable bonds is 5. The lowest BCUT2D eigenvalue weighted by Crippen LogP contribution is -2.27. The molecule has 2 aromatic heterocycles. The van der Waals surface area contributed by atoms with Crippen molar-refractivity contribution in [3.05, 3.63) is 54.4 Å². The summed E-state index contributed by atoms with van der Waals surface area (Å²) >= 11 is 0. The van der Waals surface area contributed by atoms with Crippen molar-refractivity contribution in [1.82, 2.24) is 19.5 Å². The second-order valence-electron chi connectivity index (χ2n) is 6.24. The molecule has 0 saturated carbocycles. The Morgan fingerprint density at radius 2 is 1.82 bits per heavy atom. The van der Waals surface area contributed by atoms with E-state index in [1.165, 1.54) is 28.6 Å². The molecule has 1 aliphatic rings. The summed E-state index contributed by atoms with van der Waals surface area (Å²) in [6, 6.07) is 9.20. The summed E-state index contributed by atoms with van der Waals surface area (Å²) in [5.74, 6) is -0.248. The third-order valence-corrected chi connectivity index (χ3v) is 6.29. The lowest BCUT2D eigenvalue weighted by atomic mass is 10.2. The van der Waals surface area contributed by atoms with E-state index in [4.69, 9.17) is 4.42 Å². The monoisotopic (exact) mass is 399 g/mol. The molecule has 1 saturated heterocycles. The molecular weight excluding hydrogens is 382 g/mol. The Kier molecular flexibility index (Phi) is 4.88. The zero-order valence-electron chi connectivity index (χ0n) is 14.8. The summed E-state index contributed by atoms with van der Waals surface area (Å²) < 4.78 is 31.9. The second-order valence-corrected chi connectivity index (χ2v) is 8.18. The van der Waals surface area contributed by atoms with Gasteiger partial charge in [-0.1, -0.05) is 5.10 Å². The van der Waals surface area contributed by atoms with Gasteiger partial charge in [0, 0.05) is 31.0 Å². The fourth-order valence-electron chi connectivity index (χ4n) is 2.90. The predicted molar refractivity (Wildman–Crippen MR) is 99.9 cm³/mol. The lowest BCUT2D eigenvalue weighted by molar-refractivity contribution is 0.102. The third-order valence-electron chi connectivity index (χ3n) is 4.37. The topological polar surface area (TPSA) is 118 Å². The van der Waals surface area contributed by atoms with Gasteiger partial charge >= 0.3 is 6.01 Å². The van der Waals surface area contributed by atoms with Crippen LogP contribution in [0, 0.1) is 0 Å². The number of carbonyl (C=O) groups excluding carboxylic acids is 1. The summed E-state index contributed by atoms with van der Waals surface area (Å²) in [7, 11) is -3.51. The highest BCUT2D eigenvalue weighted by Gasteiger charge is 2.27. The number of carbonyl (C=O) groups is 1. The molecule has 1 fully saturated rings. The second kappa shape index (κ2) is 7.49. The largest absolute Gasteiger partial charge is 0.403 e. The molecule has 1 aliphatic heterocycles. The van der Waals surface area contributed by atoms with Crippen LogP contribution in [0.4, 0.5) is 6.01 Å². The average molecular weight is 399 g/mol. The zero-order chi connectivity index (χ0) is 19.6. The number of aromatic nitrogens is 3. The molecule has 0 radical (unpaired) electrons. The van der Waals surface area contributed by atoms with Crippen LogP contribution < -0.4 is 5.32 Å². The summed E-state index contributed by atoms with van der Waals surface area (Å²) in [6.45, 7) is 1.06. The molecule has 10 heteroatoms. The molecule has 3 heterocycles. The number of hydrogen-bond acceptors (Lipinski definition) is 7. The van der Waals surface area contributed by atoms with E-state index in [1.54, 1.807) is 24.5 Å². The molecule has 144 valence electrons. The quantitative estimate of drug-likeness (QED) is 0.698. The molecule has 28 heavy (non-hydrogen) atoms. The van der Waals surface area contributed by atoms with Crippen LogP contribution in [-0.2, 0) is 10.0 Å². The first-order chi connectivity index (χ1) is 13.5. The van der Waals surface area contributed by atoms with Crippen molar-refractivity contribution in [3.8, 4) is 11.5 Å². The van der Waals surface area contributed by atoms with E-state index in [-0.39, 0.29) is 22.4 Å². The molecule has 0 atom stereocenters. The molecule has 1 N–H and O–H groups in total. The maximum absolute atomic E-state index is 12.5. The van der Waals surface area contributed by atoms with E-state index < -0.39 is 15.9 Å². The van der Waals surface area contributed by atoms with Gasteiger partial charge in [-0.3, -0.25) is 15.1 Å². The number of hydrogen-bond donors (Lipinski definition) is 1. The maximum atomic E-state index is 12.5. The standard InChI is InChI=1S/C18H17N5O4S/c24-16(20-18-22-21-17(27-18)14-4-3-9-19-12-14)13-5-7-15(8-6-13)28(25,26)23-10-1-2-11-23/h3-9,12H,1-2,10-11H2,(H,20,22,24). The molecule has 1 amide bonds. The maximum Gasteiger partial charge on any atom is 0.322 e. The van der Waals surface area contributed by atoms with E-state index in [1.807, 2.05) is 0 Å². The first-order valence-electron chi connectivity index (χ1n) is 8.69. The van der Waals surface area contributed by atoms with Gasteiger partial charge in [0.2, 0.25) is 10.0 Å². The minimum absolute atomic E-state index is 0.0578. The van der Waals surface area contributed by atoms with Crippen LogP contribution in [0.3, 0.4) is 0 Å². The zero-order valence-corrected chi connectivity index (χ0v) is 15.6. The van der Waals surface area contributed by atoms with Crippen molar-refractivity contribution in [2.75, 3.05) is 18.4 Å². The van der Waals surface area contributed by atoms with Gasteiger partial charge < -0.3 is 4.42 Å². The van der Waals surface area contributed by atoms with E-state index >= 15 is 0 Å². The van der Waals surface area contributed by atoms with Gasteiger partial charge in [0.1, 0.15) is 0 Å². The van der Waals surface area contributed by atoms with E-state index in [2.05, 4.69) is 20.5 Å². The summed E-state index contributed by atoms with van der Waals surface area (Å²) in [5, 5.41) is 10.2. The molecule has 3 aromatic rings. The van der Waals surface area contributed by atoms with Crippen molar-refractivity contribution < 1.29 is 17.6 Å². The lowest BCUT2D eigenvalue weighted by Gasteiger charge is -2.15. The van der Waals surface area contributed by atoms with E-state index in [9.17, 15) is 13.2 Å². The van der Waals surface area contributed by atoms with Crippen LogP contribution in [0.15, 0.2) is 58.1 Å². The molecule has 0 bridgehead atoms. The van der Waals surface area contributed by atoms with Gasteiger partial charge in [-0.15, -0.1) is 5.10 Å². The summed E-state index contributed by atoms with van der Waals surface area (Å²) in [4.78, 5) is 16.5. The normalized spacial score (nSPS) is 14.9. The summed E-state index contributed by atoms with van der Waals surface area (Å²) in [5.41, 5.74) is 0.911. The van der Waals surface area contributed by atoms with Gasteiger partial charge in [-0.2, -0.15) is 4.31 Å². The van der Waals surface area contributed by atoms with Gasteiger partial charge in [0.25, 0.3) is 11.8 Å². The van der Waals surface area contributed by atoms with Crippen LogP contribution in [0.2, 0.25) is 0 Å². The van der Waals surface area contributed by atoms with Crippen LogP contribution in [0.1, 0.15) is 23.2 Å². The number of pyridine rings is 1. The highest BCUT2D eigenvalue weighted by Crippen LogP contribution is 2.22. The third kappa shape index (κ3) is 3.64. The van der Waals surface area contributed by atoms with E-state index in [0.29, 0.717) is 18.7 Å². The van der Waals surface area contributed by atoms with Gasteiger partial charge in [-0.25, -0.2) is 8.42 Å². The molecule has 0 aliphatic carbocycles. The fraction of sp³-hybridized carbons (Fsp3) is 0.222. The smallest absolute Gasteiger partial charge is 0.322 e. The van der Waals surface area contributed by atoms with Crippen LogP contribution in [0.25, 0.3) is 11.5 Å². The van der Waals surface area contributed by atoms with Gasteiger partial charge in [-0.05, 0) is 49.2 Å². The number of nitrogens with one attached hydrogen (secondary N) is 1. The highest BCUT2D eigenvalue weighted by molar-refractivity contribution is 7.89. The SMILES string of the molecule is O=C(Nc1nnc(-c2cccnc2)o1)c1ccc(S(=O)(=O)N2CCCC2)cc1. The molecule has 9 nitrogen and oxygen atoms in total. The Labute approximate surface area is 161 Å². The number of benzene rings is 1. The van der Waals surface area contributed by atoms with Gasteiger partial charge in [0.05, 0.1) is 10.5 Å². The van der Waals surface area contributed by atoms with Crippen molar-refractivity contribution in [2.45, 2.75) is 17.7 Å². The minimum atomic E-state index is -3.51. The Morgan fingerprint density at radius 1 is 1.07 bits per heavy atom. The van der Waals surface area contributed by atoms with Crippen molar-refractivity contribution in [3.63, 3.8) is 0 Å². The molecular formula is C18H17N5O4S. The van der Waals surface area contributed by atoms with Crippen LogP contribution in [0.5, 0.6) is 0 Å². The first kappa shape index (κ1) is 18.3. The van der Waals surface area contributed by atoms with Crippen molar-refractivity contribution >= 4 is 21.9 Å². The predicted octanol–water partition coefficient (Wildman–Crippen LogP) is 2.17. The number of anilines is 1.